The number of nitrogens with zero attached hydrogens (tertiary/aromatic N) is 1. The van der Waals surface area contributed by atoms with Crippen molar-refractivity contribution in [1.82, 2.24) is 10.2 Å². The summed E-state index contributed by atoms with van der Waals surface area (Å²) in [7, 11) is 4.04. The second-order valence-electron chi connectivity index (χ2n) is 5.49. The molecule has 1 heterocycles. The normalized spacial score (nSPS) is 18.8. The zero-order valence-electron chi connectivity index (χ0n) is 11.9. The number of benzene rings is 1. The molecule has 0 bridgehead atoms. The van der Waals surface area contributed by atoms with Gasteiger partial charge in [-0.25, -0.2) is 0 Å². The van der Waals surface area contributed by atoms with Gasteiger partial charge in [-0.05, 0) is 32.6 Å². The Hall–Kier alpha value is -1.55. The summed E-state index contributed by atoms with van der Waals surface area (Å²) >= 11 is 0. The van der Waals surface area contributed by atoms with Gasteiger partial charge >= 0.3 is 0 Å². The van der Waals surface area contributed by atoms with Crippen LogP contribution >= 0.6 is 0 Å². The van der Waals surface area contributed by atoms with Crippen molar-refractivity contribution in [3.63, 3.8) is 0 Å². The number of nitrogens with one attached hydrogen (secondary N) is 2. The largest absolute Gasteiger partial charge is 0.384 e. The molecule has 0 saturated carbocycles. The van der Waals surface area contributed by atoms with Crippen molar-refractivity contribution < 1.29 is 4.79 Å². The average molecular weight is 261 g/mol. The van der Waals surface area contributed by atoms with Gasteiger partial charge in [0.15, 0.2) is 0 Å². The number of hydrogen-bond acceptors (Lipinski definition) is 3. The van der Waals surface area contributed by atoms with E-state index >= 15 is 0 Å². The minimum atomic E-state index is 0.136. The van der Waals surface area contributed by atoms with Crippen LogP contribution in [0.2, 0.25) is 0 Å². The molecule has 1 aliphatic rings. The summed E-state index contributed by atoms with van der Waals surface area (Å²) in [6.45, 7) is 3.66. The Kier molecular flexibility index (Phi) is 4.43. The fourth-order valence-corrected chi connectivity index (χ4v) is 2.28. The van der Waals surface area contributed by atoms with Crippen LogP contribution in [0, 0.1) is 0 Å². The number of fused-ring (bicyclic) bond motifs is 1. The Bertz CT molecular complexity index is 445. The van der Waals surface area contributed by atoms with E-state index in [0.717, 1.165) is 6.54 Å². The number of anilines is 1. The Morgan fingerprint density at radius 3 is 2.95 bits per heavy atom. The van der Waals surface area contributed by atoms with Crippen molar-refractivity contribution in [1.29, 1.82) is 0 Å². The first-order valence-corrected chi connectivity index (χ1v) is 6.84. The molecule has 19 heavy (non-hydrogen) atoms. The van der Waals surface area contributed by atoms with Crippen molar-refractivity contribution >= 4 is 11.6 Å². The van der Waals surface area contributed by atoms with Gasteiger partial charge in [0.1, 0.15) is 0 Å². The molecule has 1 aliphatic heterocycles. The summed E-state index contributed by atoms with van der Waals surface area (Å²) in [5.41, 5.74) is 2.43. The van der Waals surface area contributed by atoms with Crippen LogP contribution in [0.25, 0.3) is 0 Å². The van der Waals surface area contributed by atoms with Crippen LogP contribution in [0.5, 0.6) is 0 Å². The third kappa shape index (κ3) is 3.47. The third-order valence-corrected chi connectivity index (χ3v) is 3.85. The number of carbonyl (C=O) groups is 1. The average Bonchev–Trinajstić information content (AvgIpc) is 2.79. The zero-order valence-corrected chi connectivity index (χ0v) is 11.9. The first-order chi connectivity index (χ1) is 9.08. The van der Waals surface area contributed by atoms with Crippen LogP contribution in [0.15, 0.2) is 24.3 Å². The van der Waals surface area contributed by atoms with Gasteiger partial charge in [-0.2, -0.15) is 0 Å². The van der Waals surface area contributed by atoms with E-state index in [9.17, 15) is 4.79 Å². The summed E-state index contributed by atoms with van der Waals surface area (Å²) in [4.78, 5) is 14.1. The maximum Gasteiger partial charge on any atom is 0.220 e. The molecule has 2 atom stereocenters. The number of carbonyl (C=O) groups excluding carboxylic acids is 1. The van der Waals surface area contributed by atoms with Gasteiger partial charge in [0.2, 0.25) is 5.91 Å². The molecule has 1 amide bonds. The van der Waals surface area contributed by atoms with Crippen molar-refractivity contribution in [3.8, 4) is 0 Å². The number of amides is 1. The fraction of sp³-hybridized carbons (Fsp3) is 0.533. The SMILES string of the molecule is CC(CNC(=O)CC1CNc2ccccc21)N(C)C. The lowest BCUT2D eigenvalue weighted by molar-refractivity contribution is -0.121. The highest BCUT2D eigenvalue weighted by atomic mass is 16.1. The maximum absolute atomic E-state index is 12.0. The molecule has 104 valence electrons. The first kappa shape index (κ1) is 13.9. The lowest BCUT2D eigenvalue weighted by atomic mass is 9.97. The number of likely N-dealkylation sites (N-methyl/N-ethyl adjacent to an activating group) is 1. The first-order valence-electron chi connectivity index (χ1n) is 6.84. The molecule has 0 aliphatic carbocycles. The molecule has 2 N–H and O–H groups in total. The summed E-state index contributed by atoms with van der Waals surface area (Å²) in [5, 5.41) is 6.36. The van der Waals surface area contributed by atoms with Crippen LogP contribution in [-0.4, -0.2) is 44.0 Å². The van der Waals surface area contributed by atoms with Gasteiger partial charge in [0, 0.05) is 37.2 Å². The second kappa shape index (κ2) is 6.06. The summed E-state index contributed by atoms with van der Waals surface area (Å²) < 4.78 is 0. The Balaban J connectivity index is 1.84. The molecule has 2 unspecified atom stereocenters. The van der Waals surface area contributed by atoms with Crippen molar-refractivity contribution in [2.45, 2.75) is 25.3 Å². The molecule has 0 aromatic heterocycles. The maximum atomic E-state index is 12.0. The highest BCUT2D eigenvalue weighted by Gasteiger charge is 2.23. The van der Waals surface area contributed by atoms with Gasteiger partial charge in [0.05, 0.1) is 0 Å². The van der Waals surface area contributed by atoms with E-state index in [0.29, 0.717) is 24.9 Å². The fourth-order valence-electron chi connectivity index (χ4n) is 2.28. The molecule has 4 nitrogen and oxygen atoms in total. The van der Waals surface area contributed by atoms with Crippen LogP contribution < -0.4 is 10.6 Å². The van der Waals surface area contributed by atoms with Crippen LogP contribution in [-0.2, 0) is 4.79 Å². The number of hydrogen-bond donors (Lipinski definition) is 2. The minimum absolute atomic E-state index is 0.136. The Morgan fingerprint density at radius 1 is 1.47 bits per heavy atom. The van der Waals surface area contributed by atoms with Gasteiger partial charge < -0.3 is 15.5 Å². The molecule has 2 rings (SSSR count). The lowest BCUT2D eigenvalue weighted by Crippen LogP contribution is -2.38. The Labute approximate surface area is 115 Å². The molecule has 0 fully saturated rings. The van der Waals surface area contributed by atoms with Crippen LogP contribution in [0.1, 0.15) is 24.8 Å². The van der Waals surface area contributed by atoms with Crippen LogP contribution in [0.3, 0.4) is 0 Å². The van der Waals surface area contributed by atoms with Gasteiger partial charge in [-0.1, -0.05) is 18.2 Å². The molecule has 1 aromatic rings. The number of para-hydroxylation sites is 1. The standard InChI is InChI=1S/C15H23N3O/c1-11(18(2)3)9-17-15(19)8-12-10-16-14-7-5-4-6-13(12)14/h4-7,11-12,16H,8-10H2,1-3H3,(H,17,19). The van der Waals surface area contributed by atoms with E-state index in [1.54, 1.807) is 0 Å². The third-order valence-electron chi connectivity index (χ3n) is 3.85. The van der Waals surface area contributed by atoms with E-state index in [4.69, 9.17) is 0 Å². The van der Waals surface area contributed by atoms with Crippen molar-refractivity contribution in [2.24, 2.45) is 0 Å². The van der Waals surface area contributed by atoms with E-state index in [2.05, 4.69) is 34.6 Å². The van der Waals surface area contributed by atoms with Gasteiger partial charge in [-0.15, -0.1) is 0 Å². The summed E-state index contributed by atoms with van der Waals surface area (Å²) in [6.07, 6.45) is 0.560. The minimum Gasteiger partial charge on any atom is -0.384 e. The summed E-state index contributed by atoms with van der Waals surface area (Å²) in [6, 6.07) is 8.59. The summed E-state index contributed by atoms with van der Waals surface area (Å²) in [5.74, 6) is 0.433. The van der Waals surface area contributed by atoms with Gasteiger partial charge in [-0.3, -0.25) is 4.79 Å². The number of rotatable bonds is 5. The molecule has 0 spiro atoms. The predicted molar refractivity (Wildman–Crippen MR) is 78.4 cm³/mol. The topological polar surface area (TPSA) is 44.4 Å². The predicted octanol–water partition coefficient (Wildman–Crippen LogP) is 1.65. The highest BCUT2D eigenvalue weighted by molar-refractivity contribution is 5.78. The van der Waals surface area contributed by atoms with Crippen molar-refractivity contribution in [2.75, 3.05) is 32.5 Å². The molecule has 1 aromatic carbocycles. The smallest absolute Gasteiger partial charge is 0.220 e. The zero-order chi connectivity index (χ0) is 13.8. The molecular formula is C15H23N3O. The van der Waals surface area contributed by atoms with E-state index in [1.165, 1.54) is 11.3 Å². The molecule has 0 radical (unpaired) electrons. The quantitative estimate of drug-likeness (QED) is 0.847. The monoisotopic (exact) mass is 261 g/mol. The van der Waals surface area contributed by atoms with Crippen molar-refractivity contribution in [3.05, 3.63) is 29.8 Å². The van der Waals surface area contributed by atoms with E-state index < -0.39 is 0 Å². The Morgan fingerprint density at radius 2 is 2.21 bits per heavy atom. The molecule has 0 saturated heterocycles. The molecular weight excluding hydrogens is 238 g/mol. The van der Waals surface area contributed by atoms with Gasteiger partial charge in [0.25, 0.3) is 0 Å². The van der Waals surface area contributed by atoms with E-state index in [1.807, 2.05) is 26.2 Å². The molecule has 4 heteroatoms. The van der Waals surface area contributed by atoms with E-state index in [-0.39, 0.29) is 5.91 Å². The van der Waals surface area contributed by atoms with Crippen LogP contribution in [0.4, 0.5) is 5.69 Å². The highest BCUT2D eigenvalue weighted by Crippen LogP contribution is 2.32. The lowest BCUT2D eigenvalue weighted by Gasteiger charge is -2.20. The second-order valence-corrected chi connectivity index (χ2v) is 5.49.